The molecule has 3 aromatic rings. The van der Waals surface area contributed by atoms with Gasteiger partial charge < -0.3 is 19.9 Å². The summed E-state index contributed by atoms with van der Waals surface area (Å²) in [5.74, 6) is -1.40. The van der Waals surface area contributed by atoms with Crippen molar-refractivity contribution in [3.63, 3.8) is 0 Å². The average molecular weight is 592 g/mol. The number of carbonyl (C=O) groups excluding carboxylic acids is 3. The summed E-state index contributed by atoms with van der Waals surface area (Å²) in [4.78, 5) is 46.6. The standard InChI is InChI=1S/C30H31BrN4O4/c1-5-39-30(38)21-11-13-23-25(17-21)33-29(37)27(23)28(20-9-7-6-8-10-20)32-22-12-14-26(24(31)18-22)35(19(2)36)16-15-34(3)4/h6-14,17-18,27H,5,15-16H2,1-4H3,(H,33,37). The van der Waals surface area contributed by atoms with Crippen LogP contribution in [-0.2, 0) is 14.3 Å². The van der Waals surface area contributed by atoms with Gasteiger partial charge in [-0.3, -0.25) is 14.6 Å². The zero-order chi connectivity index (χ0) is 28.1. The lowest BCUT2D eigenvalue weighted by Crippen LogP contribution is -2.35. The van der Waals surface area contributed by atoms with Gasteiger partial charge in [-0.1, -0.05) is 36.4 Å². The van der Waals surface area contributed by atoms with Gasteiger partial charge in [0.15, 0.2) is 0 Å². The number of hydrogen-bond donors (Lipinski definition) is 1. The Balaban J connectivity index is 1.75. The molecule has 4 rings (SSSR count). The Kier molecular flexibility index (Phi) is 8.93. The van der Waals surface area contributed by atoms with Gasteiger partial charge in [-0.05, 0) is 78.4 Å². The molecule has 0 saturated carbocycles. The molecule has 1 aliphatic rings. The smallest absolute Gasteiger partial charge is 0.338 e. The summed E-state index contributed by atoms with van der Waals surface area (Å²) in [6.07, 6.45) is 0. The number of fused-ring (bicyclic) bond motifs is 1. The lowest BCUT2D eigenvalue weighted by atomic mass is 9.90. The van der Waals surface area contributed by atoms with Crippen molar-refractivity contribution in [2.24, 2.45) is 4.99 Å². The van der Waals surface area contributed by atoms with Crippen molar-refractivity contribution in [1.82, 2.24) is 4.90 Å². The molecule has 0 bridgehead atoms. The van der Waals surface area contributed by atoms with Gasteiger partial charge in [-0.15, -0.1) is 0 Å². The number of ether oxygens (including phenoxy) is 1. The largest absolute Gasteiger partial charge is 0.462 e. The molecule has 0 spiro atoms. The maximum atomic E-state index is 13.3. The van der Waals surface area contributed by atoms with E-state index in [-0.39, 0.29) is 18.4 Å². The number of aliphatic imine (C=N–C) groups is 1. The Hall–Kier alpha value is -3.82. The maximum absolute atomic E-state index is 13.3. The number of anilines is 2. The number of benzene rings is 3. The first-order valence-corrected chi connectivity index (χ1v) is 13.5. The van der Waals surface area contributed by atoms with Crippen LogP contribution in [0.25, 0.3) is 0 Å². The molecule has 0 radical (unpaired) electrons. The fourth-order valence-electron chi connectivity index (χ4n) is 4.45. The molecular weight excluding hydrogens is 560 g/mol. The highest BCUT2D eigenvalue weighted by Crippen LogP contribution is 2.38. The van der Waals surface area contributed by atoms with Gasteiger partial charge in [-0.2, -0.15) is 0 Å². The second-order valence-corrected chi connectivity index (χ2v) is 10.3. The van der Waals surface area contributed by atoms with E-state index in [2.05, 4.69) is 21.2 Å². The van der Waals surface area contributed by atoms with E-state index in [0.29, 0.717) is 29.2 Å². The molecule has 3 aromatic carbocycles. The fraction of sp³-hybridized carbons (Fsp3) is 0.267. The number of nitrogens with one attached hydrogen (secondary N) is 1. The predicted octanol–water partition coefficient (Wildman–Crippen LogP) is 5.40. The van der Waals surface area contributed by atoms with E-state index in [1.54, 1.807) is 36.9 Å². The van der Waals surface area contributed by atoms with Crippen molar-refractivity contribution in [2.45, 2.75) is 19.8 Å². The SMILES string of the molecule is CCOC(=O)c1ccc2c(c1)NC(=O)C2C(=Nc1ccc(N(CCN(C)C)C(C)=O)c(Br)c1)c1ccccc1. The molecule has 0 fully saturated rings. The molecule has 1 aliphatic heterocycles. The van der Waals surface area contributed by atoms with Crippen LogP contribution in [-0.4, -0.2) is 62.2 Å². The van der Waals surface area contributed by atoms with E-state index in [1.165, 1.54) is 0 Å². The van der Waals surface area contributed by atoms with Crippen LogP contribution in [0.3, 0.4) is 0 Å². The van der Waals surface area contributed by atoms with E-state index in [1.807, 2.05) is 67.5 Å². The molecule has 2 amide bonds. The van der Waals surface area contributed by atoms with Gasteiger partial charge in [0.1, 0.15) is 5.92 Å². The zero-order valence-corrected chi connectivity index (χ0v) is 24.0. The minimum absolute atomic E-state index is 0.0554. The molecule has 39 heavy (non-hydrogen) atoms. The van der Waals surface area contributed by atoms with Crippen molar-refractivity contribution < 1.29 is 19.1 Å². The highest BCUT2D eigenvalue weighted by molar-refractivity contribution is 9.10. The van der Waals surface area contributed by atoms with Gasteiger partial charge in [0.25, 0.3) is 0 Å². The van der Waals surface area contributed by atoms with Crippen LogP contribution in [0.2, 0.25) is 0 Å². The van der Waals surface area contributed by atoms with Crippen LogP contribution in [0.1, 0.15) is 41.3 Å². The van der Waals surface area contributed by atoms with E-state index >= 15 is 0 Å². The molecule has 9 heteroatoms. The number of carbonyl (C=O) groups is 3. The third kappa shape index (κ3) is 6.43. The summed E-state index contributed by atoms with van der Waals surface area (Å²) in [5, 5.41) is 2.91. The average Bonchev–Trinajstić information content (AvgIpc) is 3.23. The zero-order valence-electron chi connectivity index (χ0n) is 22.4. The minimum atomic E-state index is -0.675. The normalized spacial score (nSPS) is 14.7. The Bertz CT molecular complexity index is 1420. The molecule has 202 valence electrons. The number of hydrogen-bond acceptors (Lipinski definition) is 6. The Morgan fingerprint density at radius 2 is 1.74 bits per heavy atom. The van der Waals surface area contributed by atoms with Gasteiger partial charge >= 0.3 is 5.97 Å². The number of likely N-dealkylation sites (N-methyl/N-ethyl adjacent to an activating group) is 1. The first-order valence-electron chi connectivity index (χ1n) is 12.7. The van der Waals surface area contributed by atoms with Crippen LogP contribution < -0.4 is 10.2 Å². The highest BCUT2D eigenvalue weighted by atomic mass is 79.9. The summed E-state index contributed by atoms with van der Waals surface area (Å²) in [6, 6.07) is 20.2. The topological polar surface area (TPSA) is 91.3 Å². The van der Waals surface area contributed by atoms with Crippen LogP contribution in [0.4, 0.5) is 17.1 Å². The van der Waals surface area contributed by atoms with E-state index in [9.17, 15) is 14.4 Å². The lowest BCUT2D eigenvalue weighted by molar-refractivity contribution is -0.117. The van der Waals surface area contributed by atoms with Crippen LogP contribution in [0.5, 0.6) is 0 Å². The summed E-state index contributed by atoms with van der Waals surface area (Å²) in [5.41, 5.74) is 4.43. The summed E-state index contributed by atoms with van der Waals surface area (Å²) >= 11 is 3.62. The molecule has 0 aromatic heterocycles. The molecule has 8 nitrogen and oxygen atoms in total. The molecule has 1 N–H and O–H groups in total. The van der Waals surface area contributed by atoms with Gasteiger partial charge in [0.05, 0.1) is 29.3 Å². The quantitative estimate of drug-likeness (QED) is 0.266. The van der Waals surface area contributed by atoms with Crippen molar-refractivity contribution in [3.05, 3.63) is 87.9 Å². The van der Waals surface area contributed by atoms with Gasteiger partial charge in [0, 0.05) is 30.2 Å². The molecule has 0 saturated heterocycles. The molecular formula is C30H31BrN4O4. The minimum Gasteiger partial charge on any atom is -0.462 e. The summed E-state index contributed by atoms with van der Waals surface area (Å²) in [6.45, 7) is 4.83. The third-order valence-corrected chi connectivity index (χ3v) is 7.00. The number of nitrogens with zero attached hydrogens (tertiary/aromatic N) is 3. The first kappa shape index (κ1) is 28.2. The number of halogens is 1. The fourth-order valence-corrected chi connectivity index (χ4v) is 5.03. The lowest BCUT2D eigenvalue weighted by Gasteiger charge is -2.24. The molecule has 0 aliphatic carbocycles. The highest BCUT2D eigenvalue weighted by Gasteiger charge is 2.36. The molecule has 1 atom stereocenters. The van der Waals surface area contributed by atoms with E-state index in [4.69, 9.17) is 9.73 Å². The van der Waals surface area contributed by atoms with Crippen LogP contribution in [0, 0.1) is 0 Å². The van der Waals surface area contributed by atoms with Crippen molar-refractivity contribution in [1.29, 1.82) is 0 Å². The monoisotopic (exact) mass is 590 g/mol. The Morgan fingerprint density at radius 1 is 1.00 bits per heavy atom. The number of esters is 1. The summed E-state index contributed by atoms with van der Waals surface area (Å²) in [7, 11) is 3.93. The molecule has 1 heterocycles. The Labute approximate surface area is 236 Å². The van der Waals surface area contributed by atoms with E-state index in [0.717, 1.165) is 27.8 Å². The Morgan fingerprint density at radius 3 is 2.38 bits per heavy atom. The van der Waals surface area contributed by atoms with Gasteiger partial charge in [0.2, 0.25) is 11.8 Å². The van der Waals surface area contributed by atoms with Crippen molar-refractivity contribution in [3.8, 4) is 0 Å². The molecule has 1 unspecified atom stereocenters. The van der Waals surface area contributed by atoms with Crippen LogP contribution >= 0.6 is 15.9 Å². The number of amides is 2. The van der Waals surface area contributed by atoms with Crippen molar-refractivity contribution >= 4 is 56.5 Å². The maximum Gasteiger partial charge on any atom is 0.338 e. The first-order chi connectivity index (χ1) is 18.7. The summed E-state index contributed by atoms with van der Waals surface area (Å²) < 4.78 is 5.83. The number of rotatable bonds is 9. The van der Waals surface area contributed by atoms with Crippen molar-refractivity contribution in [2.75, 3.05) is 44.0 Å². The second-order valence-electron chi connectivity index (χ2n) is 9.42. The van der Waals surface area contributed by atoms with E-state index < -0.39 is 11.9 Å². The predicted molar refractivity (Wildman–Crippen MR) is 157 cm³/mol. The van der Waals surface area contributed by atoms with Gasteiger partial charge in [-0.25, -0.2) is 4.79 Å². The third-order valence-electron chi connectivity index (χ3n) is 6.36. The van der Waals surface area contributed by atoms with Crippen LogP contribution in [0.15, 0.2) is 76.2 Å². The second kappa shape index (κ2) is 12.4.